The highest BCUT2D eigenvalue weighted by Crippen LogP contribution is 2.19. The Morgan fingerprint density at radius 1 is 1.33 bits per heavy atom. The maximum absolute atomic E-state index is 4.17. The highest BCUT2D eigenvalue weighted by atomic mass is 15.2. The SMILES string of the molecule is CNC(c1cnn(C)c1)c1cncn1C. The minimum Gasteiger partial charge on any atom is -0.336 e. The molecule has 1 unspecified atom stereocenters. The van der Waals surface area contributed by atoms with Crippen molar-refractivity contribution in [1.29, 1.82) is 0 Å². The molecule has 0 aliphatic rings. The van der Waals surface area contributed by atoms with E-state index in [0.717, 1.165) is 11.3 Å². The van der Waals surface area contributed by atoms with E-state index in [9.17, 15) is 0 Å². The van der Waals surface area contributed by atoms with E-state index in [1.165, 1.54) is 0 Å². The van der Waals surface area contributed by atoms with Crippen LogP contribution in [0.3, 0.4) is 0 Å². The molecule has 1 N–H and O–H groups in total. The molecule has 2 rings (SSSR count). The number of aromatic nitrogens is 4. The Morgan fingerprint density at radius 3 is 2.60 bits per heavy atom. The second-order valence-corrected chi connectivity index (χ2v) is 3.60. The first kappa shape index (κ1) is 9.92. The van der Waals surface area contributed by atoms with E-state index in [2.05, 4.69) is 15.4 Å². The van der Waals surface area contributed by atoms with Crippen LogP contribution in [0.4, 0.5) is 0 Å². The maximum Gasteiger partial charge on any atom is 0.0946 e. The molecule has 80 valence electrons. The Kier molecular flexibility index (Phi) is 2.55. The van der Waals surface area contributed by atoms with Crippen molar-refractivity contribution >= 4 is 0 Å². The first-order valence-corrected chi connectivity index (χ1v) is 4.84. The van der Waals surface area contributed by atoms with Gasteiger partial charge >= 0.3 is 0 Å². The lowest BCUT2D eigenvalue weighted by molar-refractivity contribution is 0.637. The highest BCUT2D eigenvalue weighted by Gasteiger charge is 2.16. The average molecular weight is 205 g/mol. The summed E-state index contributed by atoms with van der Waals surface area (Å²) in [5.74, 6) is 0. The van der Waals surface area contributed by atoms with E-state index in [1.54, 1.807) is 11.0 Å². The van der Waals surface area contributed by atoms with Crippen LogP contribution in [0.15, 0.2) is 24.9 Å². The normalized spacial score (nSPS) is 13.0. The molecule has 0 fully saturated rings. The smallest absolute Gasteiger partial charge is 0.0946 e. The standard InChI is InChI=1S/C10H15N5/c1-11-10(8-4-13-15(3)6-8)9-5-12-7-14(9)2/h4-7,10-11H,1-3H3. The third-order valence-corrected chi connectivity index (χ3v) is 2.50. The lowest BCUT2D eigenvalue weighted by atomic mass is 10.1. The van der Waals surface area contributed by atoms with Gasteiger partial charge < -0.3 is 9.88 Å². The zero-order valence-electron chi connectivity index (χ0n) is 9.18. The zero-order valence-corrected chi connectivity index (χ0v) is 9.18. The summed E-state index contributed by atoms with van der Waals surface area (Å²) in [7, 11) is 5.84. The van der Waals surface area contributed by atoms with Crippen molar-refractivity contribution in [2.45, 2.75) is 6.04 Å². The summed E-state index contributed by atoms with van der Waals surface area (Å²) in [5.41, 5.74) is 2.27. The van der Waals surface area contributed by atoms with Crippen molar-refractivity contribution in [2.75, 3.05) is 7.05 Å². The van der Waals surface area contributed by atoms with Crippen LogP contribution < -0.4 is 5.32 Å². The Labute approximate surface area is 88.7 Å². The number of nitrogens with one attached hydrogen (secondary N) is 1. The number of rotatable bonds is 3. The fourth-order valence-electron chi connectivity index (χ4n) is 1.72. The number of hydrogen-bond acceptors (Lipinski definition) is 3. The molecule has 0 amide bonds. The highest BCUT2D eigenvalue weighted by molar-refractivity contribution is 5.22. The predicted octanol–water partition coefficient (Wildman–Crippen LogP) is 0.462. The number of aryl methyl sites for hydroxylation is 2. The van der Waals surface area contributed by atoms with Crippen LogP contribution in [0.25, 0.3) is 0 Å². The molecule has 0 saturated heterocycles. The van der Waals surface area contributed by atoms with Gasteiger partial charge in [-0.25, -0.2) is 4.98 Å². The summed E-state index contributed by atoms with van der Waals surface area (Å²) in [6.45, 7) is 0. The first-order chi connectivity index (χ1) is 7.22. The molecule has 5 nitrogen and oxygen atoms in total. The molecule has 0 aliphatic heterocycles. The van der Waals surface area contributed by atoms with Crippen molar-refractivity contribution in [3.8, 4) is 0 Å². The molecule has 0 aromatic carbocycles. The zero-order chi connectivity index (χ0) is 10.8. The van der Waals surface area contributed by atoms with Crippen molar-refractivity contribution in [1.82, 2.24) is 24.6 Å². The van der Waals surface area contributed by atoms with Gasteiger partial charge in [-0.2, -0.15) is 5.10 Å². The molecular weight excluding hydrogens is 190 g/mol. The number of nitrogens with zero attached hydrogens (tertiary/aromatic N) is 4. The summed E-state index contributed by atoms with van der Waals surface area (Å²) < 4.78 is 3.81. The van der Waals surface area contributed by atoms with Gasteiger partial charge in [0.05, 0.1) is 30.5 Å². The number of imidazole rings is 1. The van der Waals surface area contributed by atoms with Gasteiger partial charge in [-0.15, -0.1) is 0 Å². The monoisotopic (exact) mass is 205 g/mol. The van der Waals surface area contributed by atoms with Gasteiger partial charge in [0.1, 0.15) is 0 Å². The Hall–Kier alpha value is -1.62. The van der Waals surface area contributed by atoms with Crippen LogP contribution in [0.2, 0.25) is 0 Å². The summed E-state index contributed by atoms with van der Waals surface area (Å²) in [6.07, 6.45) is 7.55. The van der Waals surface area contributed by atoms with E-state index in [1.807, 2.05) is 44.3 Å². The van der Waals surface area contributed by atoms with Crippen molar-refractivity contribution in [2.24, 2.45) is 14.1 Å². The largest absolute Gasteiger partial charge is 0.336 e. The van der Waals surface area contributed by atoms with E-state index < -0.39 is 0 Å². The van der Waals surface area contributed by atoms with Gasteiger partial charge in [-0.05, 0) is 7.05 Å². The summed E-state index contributed by atoms with van der Waals surface area (Å²) in [4.78, 5) is 4.12. The molecular formula is C10H15N5. The van der Waals surface area contributed by atoms with Crippen LogP contribution in [-0.4, -0.2) is 26.4 Å². The molecule has 0 spiro atoms. The molecule has 2 aromatic heterocycles. The molecule has 0 aliphatic carbocycles. The van der Waals surface area contributed by atoms with Crippen LogP contribution >= 0.6 is 0 Å². The third kappa shape index (κ3) is 1.78. The van der Waals surface area contributed by atoms with Crippen LogP contribution in [-0.2, 0) is 14.1 Å². The second-order valence-electron chi connectivity index (χ2n) is 3.60. The third-order valence-electron chi connectivity index (χ3n) is 2.50. The second kappa shape index (κ2) is 3.86. The van der Waals surface area contributed by atoms with E-state index in [-0.39, 0.29) is 6.04 Å². The van der Waals surface area contributed by atoms with Gasteiger partial charge in [-0.1, -0.05) is 0 Å². The lowest BCUT2D eigenvalue weighted by Gasteiger charge is -2.14. The molecule has 0 bridgehead atoms. The molecule has 15 heavy (non-hydrogen) atoms. The molecule has 5 heteroatoms. The molecule has 0 saturated carbocycles. The van der Waals surface area contributed by atoms with Crippen molar-refractivity contribution < 1.29 is 0 Å². The van der Waals surface area contributed by atoms with Gasteiger partial charge in [0.2, 0.25) is 0 Å². The minimum absolute atomic E-state index is 0.145. The van der Waals surface area contributed by atoms with E-state index in [4.69, 9.17) is 0 Å². The maximum atomic E-state index is 4.17. The Balaban J connectivity index is 2.36. The summed E-state index contributed by atoms with van der Waals surface area (Å²) in [5, 5.41) is 7.43. The molecule has 2 heterocycles. The van der Waals surface area contributed by atoms with Crippen molar-refractivity contribution in [3.05, 3.63) is 36.2 Å². The molecule has 0 radical (unpaired) electrons. The molecule has 2 aromatic rings. The van der Waals surface area contributed by atoms with Gasteiger partial charge in [-0.3, -0.25) is 4.68 Å². The fourth-order valence-corrected chi connectivity index (χ4v) is 1.72. The predicted molar refractivity (Wildman–Crippen MR) is 57.3 cm³/mol. The number of hydrogen-bond donors (Lipinski definition) is 1. The van der Waals surface area contributed by atoms with Crippen molar-refractivity contribution in [3.63, 3.8) is 0 Å². The quantitative estimate of drug-likeness (QED) is 0.792. The van der Waals surface area contributed by atoms with Gasteiger partial charge in [0.15, 0.2) is 0 Å². The van der Waals surface area contributed by atoms with Crippen LogP contribution in [0, 0.1) is 0 Å². The Bertz CT molecular complexity index is 442. The Morgan fingerprint density at radius 2 is 2.13 bits per heavy atom. The topological polar surface area (TPSA) is 47.7 Å². The first-order valence-electron chi connectivity index (χ1n) is 4.84. The molecule has 1 atom stereocenters. The fraction of sp³-hybridized carbons (Fsp3) is 0.400. The minimum atomic E-state index is 0.145. The lowest BCUT2D eigenvalue weighted by Crippen LogP contribution is -2.19. The van der Waals surface area contributed by atoms with E-state index >= 15 is 0 Å². The average Bonchev–Trinajstić information content (AvgIpc) is 2.79. The van der Waals surface area contributed by atoms with E-state index in [0.29, 0.717) is 0 Å². The summed E-state index contributed by atoms with van der Waals surface area (Å²) in [6, 6.07) is 0.145. The van der Waals surface area contributed by atoms with Crippen LogP contribution in [0.1, 0.15) is 17.3 Å². The van der Waals surface area contributed by atoms with Crippen LogP contribution in [0.5, 0.6) is 0 Å². The van der Waals surface area contributed by atoms with Gasteiger partial charge in [0.25, 0.3) is 0 Å². The van der Waals surface area contributed by atoms with Gasteiger partial charge in [0, 0.05) is 25.9 Å². The summed E-state index contributed by atoms with van der Waals surface area (Å²) >= 11 is 0.